The zero-order chi connectivity index (χ0) is 14.7. The maximum atomic E-state index is 10.6. The molecule has 0 spiro atoms. The Morgan fingerprint density at radius 1 is 1.45 bits per heavy atom. The minimum atomic E-state index is -0.915. The predicted octanol–water partition coefficient (Wildman–Crippen LogP) is 1.37. The van der Waals surface area contributed by atoms with Crippen molar-refractivity contribution in [2.45, 2.75) is 5.16 Å². The summed E-state index contributed by atoms with van der Waals surface area (Å²) in [4.78, 5) is 10.6. The van der Waals surface area contributed by atoms with Gasteiger partial charge >= 0.3 is 5.97 Å². The summed E-state index contributed by atoms with van der Waals surface area (Å²) in [6, 6.07) is 4.89. The van der Waals surface area contributed by atoms with E-state index in [4.69, 9.17) is 9.84 Å². The Balaban J connectivity index is 2.29. The van der Waals surface area contributed by atoms with E-state index in [1.807, 2.05) is 0 Å². The molecule has 1 aromatic carbocycles. The fourth-order valence-electron chi connectivity index (χ4n) is 1.65. The first-order valence-corrected chi connectivity index (χ1v) is 6.63. The largest absolute Gasteiger partial charge is 0.504 e. The van der Waals surface area contributed by atoms with Gasteiger partial charge in [0.2, 0.25) is 0 Å². The first-order chi connectivity index (χ1) is 9.52. The lowest BCUT2D eigenvalue weighted by Crippen LogP contribution is -2.01. The number of carboxylic acid groups (broad SMARTS) is 1. The van der Waals surface area contributed by atoms with Crippen molar-refractivity contribution in [3.05, 3.63) is 18.2 Å². The SMILES string of the molecule is COc1ccc(-c2nnc(SCC(=O)O)n2C)cc1O. The van der Waals surface area contributed by atoms with Crippen molar-refractivity contribution in [1.29, 1.82) is 0 Å². The molecule has 0 aliphatic heterocycles. The number of thioether (sulfide) groups is 1. The molecular formula is C12H13N3O4S. The lowest BCUT2D eigenvalue weighted by atomic mass is 10.2. The molecule has 0 radical (unpaired) electrons. The standard InChI is InChI=1S/C12H13N3O4S/c1-15-11(13-14-12(15)20-6-10(17)18)7-3-4-9(19-2)8(16)5-7/h3-5,16H,6H2,1-2H3,(H,17,18). The number of hydrogen-bond donors (Lipinski definition) is 2. The van der Waals surface area contributed by atoms with Crippen LogP contribution < -0.4 is 4.74 Å². The third kappa shape index (κ3) is 2.85. The Morgan fingerprint density at radius 3 is 2.80 bits per heavy atom. The summed E-state index contributed by atoms with van der Waals surface area (Å²) in [6.07, 6.45) is 0. The number of methoxy groups -OCH3 is 1. The van der Waals surface area contributed by atoms with Crippen molar-refractivity contribution in [2.24, 2.45) is 7.05 Å². The number of hydrogen-bond acceptors (Lipinski definition) is 6. The van der Waals surface area contributed by atoms with Gasteiger partial charge in [-0.25, -0.2) is 0 Å². The molecule has 0 aliphatic carbocycles. The van der Waals surface area contributed by atoms with Crippen LogP contribution in [0.25, 0.3) is 11.4 Å². The second kappa shape index (κ2) is 5.83. The van der Waals surface area contributed by atoms with E-state index in [1.165, 1.54) is 13.2 Å². The van der Waals surface area contributed by atoms with Crippen LogP contribution in [0.5, 0.6) is 11.5 Å². The number of carboxylic acids is 1. The maximum absolute atomic E-state index is 10.6. The number of phenolic OH excluding ortho intramolecular Hbond substituents is 1. The van der Waals surface area contributed by atoms with Crippen LogP contribution in [0.3, 0.4) is 0 Å². The van der Waals surface area contributed by atoms with Crippen molar-refractivity contribution < 1.29 is 19.7 Å². The van der Waals surface area contributed by atoms with Crippen molar-refractivity contribution in [2.75, 3.05) is 12.9 Å². The molecule has 7 nitrogen and oxygen atoms in total. The van der Waals surface area contributed by atoms with Crippen molar-refractivity contribution in [1.82, 2.24) is 14.8 Å². The summed E-state index contributed by atoms with van der Waals surface area (Å²) in [6.45, 7) is 0. The Labute approximate surface area is 119 Å². The van der Waals surface area contributed by atoms with Crippen molar-refractivity contribution in [3.8, 4) is 22.9 Å². The number of aromatic nitrogens is 3. The molecule has 2 N–H and O–H groups in total. The third-order valence-corrected chi connectivity index (χ3v) is 3.60. The molecule has 0 bridgehead atoms. The van der Waals surface area contributed by atoms with Gasteiger partial charge in [-0.15, -0.1) is 10.2 Å². The van der Waals surface area contributed by atoms with Crippen LogP contribution in [0.1, 0.15) is 0 Å². The Hall–Kier alpha value is -2.22. The minimum absolute atomic E-state index is 0.00717. The summed E-state index contributed by atoms with van der Waals surface area (Å²) in [7, 11) is 3.21. The zero-order valence-electron chi connectivity index (χ0n) is 10.9. The number of aliphatic carboxylic acids is 1. The molecule has 1 aromatic heterocycles. The average molecular weight is 295 g/mol. The molecule has 0 atom stereocenters. The molecule has 8 heteroatoms. The van der Waals surface area contributed by atoms with Gasteiger partial charge in [-0.1, -0.05) is 11.8 Å². The first-order valence-electron chi connectivity index (χ1n) is 5.64. The van der Waals surface area contributed by atoms with Crippen LogP contribution >= 0.6 is 11.8 Å². The smallest absolute Gasteiger partial charge is 0.313 e. The highest BCUT2D eigenvalue weighted by Crippen LogP contribution is 2.31. The van der Waals surface area contributed by atoms with Crippen LogP contribution in [-0.4, -0.2) is 43.8 Å². The molecule has 0 saturated heterocycles. The van der Waals surface area contributed by atoms with E-state index in [0.29, 0.717) is 22.3 Å². The van der Waals surface area contributed by atoms with Gasteiger partial charge in [0.1, 0.15) is 0 Å². The number of benzene rings is 1. The number of rotatable bonds is 5. The normalized spacial score (nSPS) is 10.5. The number of aromatic hydroxyl groups is 1. The number of phenols is 1. The molecule has 0 saturated carbocycles. The van der Waals surface area contributed by atoms with Gasteiger partial charge in [-0.3, -0.25) is 4.79 Å². The van der Waals surface area contributed by atoms with Crippen molar-refractivity contribution >= 4 is 17.7 Å². The molecule has 1 heterocycles. The van der Waals surface area contributed by atoms with Gasteiger partial charge in [0.05, 0.1) is 12.9 Å². The summed E-state index contributed by atoms with van der Waals surface area (Å²) in [5.41, 5.74) is 0.667. The van der Waals surface area contributed by atoms with Crippen LogP contribution in [0.15, 0.2) is 23.4 Å². The summed E-state index contributed by atoms with van der Waals surface area (Å²) >= 11 is 1.09. The van der Waals surface area contributed by atoms with Crippen LogP contribution in [0, 0.1) is 0 Å². The Morgan fingerprint density at radius 2 is 2.20 bits per heavy atom. The number of ether oxygens (including phenoxy) is 1. The highest BCUT2D eigenvalue weighted by Gasteiger charge is 2.14. The van der Waals surface area contributed by atoms with Gasteiger partial charge in [-0.05, 0) is 18.2 Å². The summed E-state index contributed by atoms with van der Waals surface area (Å²) in [5, 5.41) is 26.9. The maximum Gasteiger partial charge on any atom is 0.313 e. The van der Waals surface area contributed by atoms with Crippen molar-refractivity contribution in [3.63, 3.8) is 0 Å². The molecule has 0 amide bonds. The Kier molecular flexibility index (Phi) is 4.14. The molecule has 2 rings (SSSR count). The van der Waals surface area contributed by atoms with Gasteiger partial charge in [-0.2, -0.15) is 0 Å². The predicted molar refractivity (Wildman–Crippen MR) is 73.0 cm³/mol. The topological polar surface area (TPSA) is 97.5 Å². The molecule has 106 valence electrons. The van der Waals surface area contributed by atoms with Crippen LogP contribution in [0.4, 0.5) is 0 Å². The lowest BCUT2D eigenvalue weighted by Gasteiger charge is -2.06. The first kappa shape index (κ1) is 14.2. The second-order valence-electron chi connectivity index (χ2n) is 3.93. The number of carbonyl (C=O) groups is 1. The monoisotopic (exact) mass is 295 g/mol. The third-order valence-electron chi connectivity index (χ3n) is 2.60. The molecule has 20 heavy (non-hydrogen) atoms. The minimum Gasteiger partial charge on any atom is -0.504 e. The fraction of sp³-hybridized carbons (Fsp3) is 0.250. The van der Waals surface area contributed by atoms with E-state index in [1.54, 1.807) is 23.7 Å². The van der Waals surface area contributed by atoms with E-state index in [9.17, 15) is 9.90 Å². The quantitative estimate of drug-likeness (QED) is 0.804. The molecule has 0 unspecified atom stereocenters. The van der Waals surface area contributed by atoms with Gasteiger partial charge in [0, 0.05) is 12.6 Å². The highest BCUT2D eigenvalue weighted by atomic mass is 32.2. The molecule has 0 fully saturated rings. The lowest BCUT2D eigenvalue weighted by molar-refractivity contribution is -0.133. The summed E-state index contributed by atoms with van der Waals surface area (Å²) < 4.78 is 6.65. The summed E-state index contributed by atoms with van der Waals surface area (Å²) in [5.74, 6) is -0.0820. The Bertz CT molecular complexity index is 642. The molecule has 0 aliphatic rings. The van der Waals surface area contributed by atoms with E-state index in [0.717, 1.165) is 11.8 Å². The number of nitrogens with zero attached hydrogens (tertiary/aromatic N) is 3. The van der Waals surface area contributed by atoms with E-state index in [-0.39, 0.29) is 11.5 Å². The van der Waals surface area contributed by atoms with E-state index in [2.05, 4.69) is 10.2 Å². The highest BCUT2D eigenvalue weighted by molar-refractivity contribution is 7.99. The molecular weight excluding hydrogens is 282 g/mol. The van der Waals surface area contributed by atoms with Crippen LogP contribution in [-0.2, 0) is 11.8 Å². The fourth-order valence-corrected chi connectivity index (χ4v) is 2.28. The van der Waals surface area contributed by atoms with E-state index < -0.39 is 5.97 Å². The average Bonchev–Trinajstić information content (AvgIpc) is 2.77. The second-order valence-corrected chi connectivity index (χ2v) is 4.88. The van der Waals surface area contributed by atoms with Crippen LogP contribution in [0.2, 0.25) is 0 Å². The zero-order valence-corrected chi connectivity index (χ0v) is 11.7. The van der Waals surface area contributed by atoms with Gasteiger partial charge in [0.15, 0.2) is 22.5 Å². The van der Waals surface area contributed by atoms with Gasteiger partial charge in [0.25, 0.3) is 0 Å². The van der Waals surface area contributed by atoms with Gasteiger partial charge < -0.3 is 19.5 Å². The molecule has 2 aromatic rings. The van der Waals surface area contributed by atoms with E-state index >= 15 is 0 Å².